The van der Waals surface area contributed by atoms with Crippen LogP contribution in [0.25, 0.3) is 0 Å². The molecular weight excluding hydrogens is 630 g/mol. The van der Waals surface area contributed by atoms with Gasteiger partial charge in [0.15, 0.2) is 27.2 Å². The van der Waals surface area contributed by atoms with Crippen LogP contribution in [0.15, 0.2) is 28.7 Å². The molecule has 8 N–H and O–H groups in total. The van der Waals surface area contributed by atoms with Crippen LogP contribution in [0.4, 0.5) is 5.13 Å². The van der Waals surface area contributed by atoms with Crippen LogP contribution in [-0.4, -0.2) is 94.2 Å². The van der Waals surface area contributed by atoms with Crippen molar-refractivity contribution in [2.24, 2.45) is 5.16 Å². The van der Waals surface area contributed by atoms with Crippen LogP contribution >= 0.6 is 34.7 Å². The van der Waals surface area contributed by atoms with E-state index in [1.54, 1.807) is 6.92 Å². The van der Waals surface area contributed by atoms with Crippen molar-refractivity contribution in [1.29, 1.82) is 0 Å². The lowest BCUT2D eigenvalue weighted by Crippen LogP contribution is -2.75. The average Bonchev–Trinajstić information content (AvgIpc) is 3.38. The highest BCUT2D eigenvalue weighted by atomic mass is 35.5. The van der Waals surface area contributed by atoms with Gasteiger partial charge in [0.05, 0.1) is 6.54 Å². The van der Waals surface area contributed by atoms with Gasteiger partial charge in [-0.2, -0.15) is 0 Å². The normalized spacial score (nSPS) is 23.4. The summed E-state index contributed by atoms with van der Waals surface area (Å²) in [5.41, 5.74) is 7.74. The summed E-state index contributed by atoms with van der Waals surface area (Å²) in [6.45, 7) is 3.97. The first kappa shape index (κ1) is 31.6. The topological polar surface area (TPSA) is 246 Å². The second-order valence-electron chi connectivity index (χ2n) is 9.98. The molecule has 0 aliphatic carbocycles. The molecule has 2 aliphatic rings. The van der Waals surface area contributed by atoms with E-state index in [4.69, 9.17) is 22.2 Å². The lowest BCUT2D eigenvalue weighted by molar-refractivity contribution is -0.152. The number of carboxylic acids is 1. The number of hydrogen-bond acceptors (Lipinski definition) is 13. The van der Waals surface area contributed by atoms with Crippen LogP contribution < -0.4 is 21.9 Å². The number of rotatable bonds is 8. The van der Waals surface area contributed by atoms with Gasteiger partial charge in [-0.3, -0.25) is 34.8 Å². The molecule has 1 aromatic heterocycles. The van der Waals surface area contributed by atoms with Gasteiger partial charge in [-0.15, -0.1) is 34.7 Å². The van der Waals surface area contributed by atoms with Crippen LogP contribution in [0.3, 0.4) is 0 Å². The molecule has 0 spiro atoms. The number of phenolic OH excluding ortho intramolecular Hbond substituents is 2. The number of carboxylic acid groups (broad SMARTS) is 1. The molecule has 2 saturated heterocycles. The largest absolute Gasteiger partial charge is 0.504 e. The fraction of sp³-hybridized carbons (Fsp3) is 0.375. The Morgan fingerprint density at radius 2 is 1.93 bits per heavy atom. The van der Waals surface area contributed by atoms with E-state index in [1.807, 2.05) is 0 Å². The number of amides is 4. The second kappa shape index (κ2) is 11.8. The SMILES string of the molecule is CC1S[C@@H]2C(NC(=O)C(=NOC(C)(C)C(=O)NNC(=O)c3ccc(O)c(O)c3)c3csc(N)n3)C(=O)N2CC1(Cl)C(=O)O. The number of benzene rings is 1. The molecule has 2 fully saturated rings. The summed E-state index contributed by atoms with van der Waals surface area (Å²) in [4.78, 5) is 71.9. The van der Waals surface area contributed by atoms with Gasteiger partial charge in [0, 0.05) is 16.2 Å². The van der Waals surface area contributed by atoms with Gasteiger partial charge in [-0.1, -0.05) is 12.1 Å². The Kier molecular flexibility index (Phi) is 8.66. The Bertz CT molecular complexity index is 1530. The van der Waals surface area contributed by atoms with Gasteiger partial charge in [-0.25, -0.2) is 4.98 Å². The van der Waals surface area contributed by atoms with Crippen molar-refractivity contribution in [3.8, 4) is 11.5 Å². The number of carbonyl (C=O) groups is 5. The van der Waals surface area contributed by atoms with Crippen molar-refractivity contribution in [2.75, 3.05) is 12.3 Å². The summed E-state index contributed by atoms with van der Waals surface area (Å²) in [5.74, 6) is -5.35. The Morgan fingerprint density at radius 1 is 1.23 bits per heavy atom. The second-order valence-corrected chi connectivity index (χ2v) is 13.0. The third-order valence-electron chi connectivity index (χ3n) is 6.59. The maximum absolute atomic E-state index is 13.3. The number of thiazole rings is 1. The van der Waals surface area contributed by atoms with Crippen LogP contribution in [-0.2, 0) is 24.0 Å². The molecule has 19 heteroatoms. The Balaban J connectivity index is 1.45. The fourth-order valence-electron chi connectivity index (χ4n) is 3.92. The Labute approximate surface area is 256 Å². The van der Waals surface area contributed by atoms with Gasteiger partial charge >= 0.3 is 5.97 Å². The number of thioether (sulfide) groups is 1. The predicted molar refractivity (Wildman–Crippen MR) is 154 cm³/mol. The highest BCUT2D eigenvalue weighted by molar-refractivity contribution is 8.00. The van der Waals surface area contributed by atoms with Crippen molar-refractivity contribution >= 4 is 75.1 Å². The lowest BCUT2D eigenvalue weighted by Gasteiger charge is -2.54. The number of anilines is 1. The van der Waals surface area contributed by atoms with Crippen molar-refractivity contribution in [3.63, 3.8) is 0 Å². The number of oxime groups is 1. The van der Waals surface area contributed by atoms with Gasteiger partial charge in [0.2, 0.25) is 11.5 Å². The average molecular weight is 656 g/mol. The van der Waals surface area contributed by atoms with Crippen molar-refractivity contribution in [1.82, 2.24) is 26.1 Å². The number of alkyl halides is 1. The highest BCUT2D eigenvalue weighted by Crippen LogP contribution is 2.45. The summed E-state index contributed by atoms with van der Waals surface area (Å²) in [5, 5.41) is 35.2. The maximum Gasteiger partial charge on any atom is 0.327 e. The van der Waals surface area contributed by atoms with E-state index in [0.29, 0.717) is 0 Å². The minimum absolute atomic E-state index is 0.00408. The number of hydrogen-bond donors (Lipinski definition) is 7. The number of aromatic nitrogens is 1. The van der Waals surface area contributed by atoms with Crippen molar-refractivity contribution < 1.29 is 44.1 Å². The number of nitrogen functional groups attached to an aromatic ring is 1. The fourth-order valence-corrected chi connectivity index (χ4v) is 6.23. The van der Waals surface area contributed by atoms with Crippen LogP contribution in [0.2, 0.25) is 0 Å². The number of nitrogens with one attached hydrogen (secondary N) is 3. The third-order valence-corrected chi connectivity index (χ3v) is 9.62. The number of carbonyl (C=O) groups excluding carboxylic acids is 4. The molecule has 0 bridgehead atoms. The number of fused-ring (bicyclic) bond motifs is 1. The number of nitrogens with zero attached hydrogens (tertiary/aromatic N) is 3. The molecule has 0 radical (unpaired) electrons. The lowest BCUT2D eigenvalue weighted by atomic mass is 9.98. The molecule has 0 saturated carbocycles. The standard InChI is InChI=1S/C24H26ClN7O9S2/c1-9-24(25,21(39)40)8-32-18(37)15(19(32)43-9)28-17(36)14(11-7-42-22(26)27-11)31-41-23(2,3)20(38)30-29-16(35)10-4-5-12(33)13(34)6-10/h4-7,9,15,19,33-34H,8H2,1-3H3,(H2,26,27)(H,28,36)(H,29,35)(H,30,38)(H,39,40)/t9?,15?,19-,24?/m1/s1. The van der Waals surface area contributed by atoms with Gasteiger partial charge in [0.1, 0.15) is 17.1 Å². The van der Waals surface area contributed by atoms with Gasteiger partial charge in [0.25, 0.3) is 17.7 Å². The molecule has 2 aromatic rings. The number of β-lactam (4-membered cyclic amide) rings is 1. The first-order valence-electron chi connectivity index (χ1n) is 12.3. The Hall–Kier alpha value is -4.29. The van der Waals surface area contributed by atoms with Crippen LogP contribution in [0.5, 0.6) is 11.5 Å². The molecule has 230 valence electrons. The first-order valence-corrected chi connectivity index (χ1v) is 14.5. The zero-order valence-electron chi connectivity index (χ0n) is 22.7. The first-order chi connectivity index (χ1) is 20.0. The molecule has 2 aliphatic heterocycles. The molecule has 4 atom stereocenters. The highest BCUT2D eigenvalue weighted by Gasteiger charge is 2.60. The minimum atomic E-state index is -1.77. The minimum Gasteiger partial charge on any atom is -0.504 e. The predicted octanol–water partition coefficient (Wildman–Crippen LogP) is -0.0524. The zero-order chi connectivity index (χ0) is 31.9. The van der Waals surface area contributed by atoms with E-state index >= 15 is 0 Å². The molecule has 4 rings (SSSR count). The van der Waals surface area contributed by atoms with Crippen molar-refractivity contribution in [2.45, 2.75) is 47.9 Å². The third kappa shape index (κ3) is 6.25. The van der Waals surface area contributed by atoms with E-state index in [9.17, 15) is 39.3 Å². The maximum atomic E-state index is 13.3. The van der Waals surface area contributed by atoms with Gasteiger partial charge in [-0.05, 0) is 32.0 Å². The van der Waals surface area contributed by atoms with E-state index in [-0.39, 0.29) is 22.9 Å². The molecule has 4 amide bonds. The van der Waals surface area contributed by atoms with E-state index < -0.39 is 73.9 Å². The molecule has 43 heavy (non-hydrogen) atoms. The van der Waals surface area contributed by atoms with Gasteiger partial charge < -0.3 is 36.1 Å². The summed E-state index contributed by atoms with van der Waals surface area (Å²) >= 11 is 8.39. The number of hydrazine groups is 1. The Morgan fingerprint density at radius 3 is 2.53 bits per heavy atom. The quantitative estimate of drug-likeness (QED) is 0.0650. The number of phenols is 2. The number of nitrogens with two attached hydrogens (primary N) is 1. The number of halogens is 1. The van der Waals surface area contributed by atoms with E-state index in [0.717, 1.165) is 35.2 Å². The number of aromatic hydroxyl groups is 2. The summed E-state index contributed by atoms with van der Waals surface area (Å²) < 4.78 is 0. The smallest absolute Gasteiger partial charge is 0.327 e. The summed E-state index contributed by atoms with van der Waals surface area (Å²) in [6, 6.07) is 2.27. The molecule has 3 unspecified atom stereocenters. The van der Waals surface area contributed by atoms with Crippen LogP contribution in [0.1, 0.15) is 36.8 Å². The number of aliphatic carboxylic acids is 1. The molecule has 16 nitrogen and oxygen atoms in total. The van der Waals surface area contributed by atoms with Crippen LogP contribution in [0, 0.1) is 0 Å². The van der Waals surface area contributed by atoms with E-state index in [2.05, 4.69) is 26.3 Å². The zero-order valence-corrected chi connectivity index (χ0v) is 25.0. The summed E-state index contributed by atoms with van der Waals surface area (Å²) in [7, 11) is 0. The van der Waals surface area contributed by atoms with Crippen molar-refractivity contribution in [3.05, 3.63) is 34.8 Å². The summed E-state index contributed by atoms with van der Waals surface area (Å²) in [6.07, 6.45) is 0. The molecule has 1 aromatic carbocycles. The monoisotopic (exact) mass is 655 g/mol. The molecule has 3 heterocycles. The molecular formula is C24H26ClN7O9S2. The van der Waals surface area contributed by atoms with E-state index in [1.165, 1.54) is 30.2 Å².